The van der Waals surface area contributed by atoms with E-state index in [1.807, 2.05) is 45.0 Å². The van der Waals surface area contributed by atoms with Crippen molar-refractivity contribution in [2.75, 3.05) is 45.2 Å². The van der Waals surface area contributed by atoms with Crippen LogP contribution in [0.1, 0.15) is 24.0 Å². The third-order valence-corrected chi connectivity index (χ3v) is 9.83. The molecule has 0 saturated carbocycles. The number of rotatable bonds is 7. The molecule has 7 nitrogen and oxygen atoms in total. The van der Waals surface area contributed by atoms with E-state index in [4.69, 9.17) is 16.6 Å². The lowest BCUT2D eigenvalue weighted by Gasteiger charge is -2.33. The molecule has 0 atom stereocenters. The van der Waals surface area contributed by atoms with Crippen molar-refractivity contribution in [3.63, 3.8) is 0 Å². The minimum Gasteiger partial charge on any atom is -0.308 e. The maximum absolute atomic E-state index is 13.7. The summed E-state index contributed by atoms with van der Waals surface area (Å²) < 4.78 is 28.6. The predicted octanol–water partition coefficient (Wildman–Crippen LogP) is 4.56. The van der Waals surface area contributed by atoms with E-state index in [0.29, 0.717) is 54.1 Å². The van der Waals surface area contributed by atoms with Crippen molar-refractivity contribution >= 4 is 54.2 Å². The molecule has 35 heavy (non-hydrogen) atoms. The highest BCUT2D eigenvalue weighted by atomic mass is 35.5. The van der Waals surface area contributed by atoms with Crippen LogP contribution >= 0.6 is 22.9 Å². The van der Waals surface area contributed by atoms with Gasteiger partial charge in [-0.2, -0.15) is 4.31 Å². The van der Waals surface area contributed by atoms with Crippen molar-refractivity contribution in [1.29, 1.82) is 0 Å². The monoisotopic (exact) mass is 534 g/mol. The zero-order chi connectivity index (χ0) is 25.3. The SMILES string of the molecule is Cc1ccc(S(=O)(=O)N2CCC(C(=O)N(CCN(C)C)c3nc4c(C)c(Cl)ccc4s3)CC2)cc1. The number of sulfonamides is 1. The van der Waals surface area contributed by atoms with Crippen molar-refractivity contribution in [1.82, 2.24) is 14.2 Å². The van der Waals surface area contributed by atoms with E-state index >= 15 is 0 Å². The van der Waals surface area contributed by atoms with Gasteiger partial charge < -0.3 is 4.90 Å². The van der Waals surface area contributed by atoms with Crippen molar-refractivity contribution < 1.29 is 13.2 Å². The van der Waals surface area contributed by atoms with Crippen LogP contribution in [0.4, 0.5) is 5.13 Å². The topological polar surface area (TPSA) is 73.8 Å². The quantitative estimate of drug-likeness (QED) is 0.444. The van der Waals surface area contributed by atoms with Crippen LogP contribution in [0.25, 0.3) is 10.2 Å². The molecule has 0 spiro atoms. The Morgan fingerprint density at radius 3 is 2.37 bits per heavy atom. The molecule has 0 unspecified atom stereocenters. The molecule has 1 fully saturated rings. The van der Waals surface area contributed by atoms with Crippen LogP contribution in [0.15, 0.2) is 41.3 Å². The van der Waals surface area contributed by atoms with E-state index in [2.05, 4.69) is 0 Å². The summed E-state index contributed by atoms with van der Waals surface area (Å²) >= 11 is 7.78. The van der Waals surface area contributed by atoms with Gasteiger partial charge in [-0.1, -0.05) is 40.6 Å². The van der Waals surface area contributed by atoms with Crippen LogP contribution in [-0.2, 0) is 14.8 Å². The number of fused-ring (bicyclic) bond motifs is 1. The Labute approximate surface area is 216 Å². The van der Waals surface area contributed by atoms with Gasteiger partial charge in [0.25, 0.3) is 0 Å². The summed E-state index contributed by atoms with van der Waals surface area (Å²) in [5.74, 6) is -0.250. The third kappa shape index (κ3) is 5.54. The summed E-state index contributed by atoms with van der Waals surface area (Å²) in [6.45, 7) is 5.72. The van der Waals surface area contributed by atoms with Gasteiger partial charge in [-0.25, -0.2) is 13.4 Å². The second-order valence-corrected chi connectivity index (χ2v) is 12.7. The number of hydrogen-bond donors (Lipinski definition) is 0. The summed E-state index contributed by atoms with van der Waals surface area (Å²) in [7, 11) is 0.374. The summed E-state index contributed by atoms with van der Waals surface area (Å²) in [6.07, 6.45) is 0.969. The molecule has 1 aliphatic heterocycles. The number of aryl methyl sites for hydroxylation is 2. The molecule has 0 bridgehead atoms. The highest BCUT2D eigenvalue weighted by Gasteiger charge is 2.35. The number of hydrogen-bond acceptors (Lipinski definition) is 6. The predicted molar refractivity (Wildman–Crippen MR) is 143 cm³/mol. The molecule has 1 saturated heterocycles. The number of aromatic nitrogens is 1. The van der Waals surface area contributed by atoms with Crippen molar-refractivity contribution in [2.45, 2.75) is 31.6 Å². The number of thiazole rings is 1. The lowest BCUT2D eigenvalue weighted by Crippen LogP contribution is -2.46. The fraction of sp³-hybridized carbons (Fsp3) is 0.440. The molecule has 188 valence electrons. The molecular weight excluding hydrogens is 504 g/mol. The molecule has 1 aromatic heterocycles. The Hall–Kier alpha value is -2.04. The number of anilines is 1. The second-order valence-electron chi connectivity index (χ2n) is 9.30. The zero-order valence-corrected chi connectivity index (χ0v) is 22.9. The van der Waals surface area contributed by atoms with Gasteiger partial charge in [0, 0.05) is 37.1 Å². The summed E-state index contributed by atoms with van der Waals surface area (Å²) in [5, 5.41) is 1.31. The molecule has 0 N–H and O–H groups in total. The largest absolute Gasteiger partial charge is 0.308 e. The minimum absolute atomic E-state index is 0.00189. The van der Waals surface area contributed by atoms with Crippen molar-refractivity contribution in [3.8, 4) is 0 Å². The van der Waals surface area contributed by atoms with Crippen molar-refractivity contribution in [2.24, 2.45) is 5.92 Å². The number of piperidine rings is 1. The van der Waals surface area contributed by atoms with Crippen molar-refractivity contribution in [3.05, 3.63) is 52.5 Å². The number of nitrogens with zero attached hydrogens (tertiary/aromatic N) is 4. The normalized spacial score (nSPS) is 15.7. The Kier molecular flexibility index (Phi) is 7.83. The van der Waals surface area contributed by atoms with Gasteiger partial charge in [-0.15, -0.1) is 0 Å². The number of halogens is 1. The third-order valence-electron chi connectivity index (χ3n) is 6.47. The number of benzene rings is 2. The van der Waals surface area contributed by atoms with Gasteiger partial charge in [0.2, 0.25) is 15.9 Å². The van der Waals surface area contributed by atoms with E-state index in [1.54, 1.807) is 29.2 Å². The smallest absolute Gasteiger partial charge is 0.243 e. The number of carbonyl (C=O) groups excluding carboxylic acids is 1. The average molecular weight is 535 g/mol. The van der Waals surface area contributed by atoms with Crippen LogP contribution in [0.3, 0.4) is 0 Å². The van der Waals surface area contributed by atoms with Gasteiger partial charge >= 0.3 is 0 Å². The molecule has 4 rings (SSSR count). The van der Waals surface area contributed by atoms with Gasteiger partial charge in [0.15, 0.2) is 5.13 Å². The zero-order valence-electron chi connectivity index (χ0n) is 20.5. The number of carbonyl (C=O) groups is 1. The summed E-state index contributed by atoms with van der Waals surface area (Å²) in [5.41, 5.74) is 2.74. The Morgan fingerprint density at radius 2 is 1.74 bits per heavy atom. The maximum atomic E-state index is 13.7. The molecule has 1 aliphatic rings. The first-order chi connectivity index (χ1) is 16.6. The van der Waals surface area contributed by atoms with E-state index < -0.39 is 10.0 Å². The van der Waals surface area contributed by atoms with Gasteiger partial charge in [-0.3, -0.25) is 9.69 Å². The van der Waals surface area contributed by atoms with Gasteiger partial charge in [-0.05, 0) is 70.6 Å². The Bertz CT molecular complexity index is 1310. The van der Waals surface area contributed by atoms with Crippen LogP contribution in [0.5, 0.6) is 0 Å². The second kappa shape index (κ2) is 10.5. The minimum atomic E-state index is -3.57. The standard InChI is InChI=1S/C25H31ClN4O3S2/c1-17-5-7-20(8-6-17)35(32,33)29-13-11-19(12-14-29)24(31)30(16-15-28(3)4)25-27-23-18(2)21(26)9-10-22(23)34-25/h5-10,19H,11-16H2,1-4H3. The lowest BCUT2D eigenvalue weighted by atomic mass is 9.96. The first-order valence-corrected chi connectivity index (χ1v) is 14.3. The molecule has 2 heterocycles. The Morgan fingerprint density at radius 1 is 1.09 bits per heavy atom. The molecular formula is C25H31ClN4O3S2. The van der Waals surface area contributed by atoms with E-state index in [0.717, 1.165) is 21.3 Å². The number of likely N-dealkylation sites (N-methyl/N-ethyl adjacent to an activating group) is 1. The maximum Gasteiger partial charge on any atom is 0.243 e. The molecule has 2 aromatic carbocycles. The number of amides is 1. The van der Waals surface area contributed by atoms with E-state index in [-0.39, 0.29) is 11.8 Å². The lowest BCUT2D eigenvalue weighted by molar-refractivity contribution is -0.123. The van der Waals surface area contributed by atoms with Gasteiger partial charge in [0.05, 0.1) is 15.1 Å². The Balaban J connectivity index is 1.52. The summed E-state index contributed by atoms with van der Waals surface area (Å²) in [4.78, 5) is 22.6. The molecule has 3 aromatic rings. The van der Waals surface area contributed by atoms with Gasteiger partial charge in [0.1, 0.15) is 0 Å². The van der Waals surface area contributed by atoms with Crippen LogP contribution in [0, 0.1) is 19.8 Å². The van der Waals surface area contributed by atoms with E-state index in [1.165, 1.54) is 15.6 Å². The molecule has 0 radical (unpaired) electrons. The molecule has 0 aliphatic carbocycles. The fourth-order valence-corrected chi connectivity index (χ4v) is 6.91. The first-order valence-electron chi connectivity index (χ1n) is 11.7. The highest BCUT2D eigenvalue weighted by Crippen LogP contribution is 2.35. The highest BCUT2D eigenvalue weighted by molar-refractivity contribution is 7.89. The van der Waals surface area contributed by atoms with Crippen LogP contribution in [-0.4, -0.2) is 68.8 Å². The van der Waals surface area contributed by atoms with Crippen LogP contribution < -0.4 is 4.90 Å². The molecule has 1 amide bonds. The average Bonchev–Trinajstić information content (AvgIpc) is 3.26. The summed E-state index contributed by atoms with van der Waals surface area (Å²) in [6, 6.07) is 10.7. The first kappa shape index (κ1) is 26.0. The van der Waals surface area contributed by atoms with E-state index in [9.17, 15) is 13.2 Å². The molecule has 10 heteroatoms. The van der Waals surface area contributed by atoms with Crippen LogP contribution in [0.2, 0.25) is 5.02 Å². The fourth-order valence-electron chi connectivity index (χ4n) is 4.23.